The molecule has 0 atom stereocenters. The number of carboxylic acids is 1. The van der Waals surface area contributed by atoms with Crippen molar-refractivity contribution in [2.45, 2.75) is 32.1 Å². The van der Waals surface area contributed by atoms with Gasteiger partial charge in [0.15, 0.2) is 0 Å². The molecule has 1 aliphatic heterocycles. The van der Waals surface area contributed by atoms with E-state index in [4.69, 9.17) is 5.11 Å². The molecule has 1 aromatic rings. The number of hydrogen-bond donors (Lipinski definition) is 2. The maximum Gasteiger partial charge on any atom is 0.303 e. The van der Waals surface area contributed by atoms with Crippen LogP contribution in [0.1, 0.15) is 37.7 Å². The predicted octanol–water partition coefficient (Wildman–Crippen LogP) is 2.25. The average molecular weight is 275 g/mol. The summed E-state index contributed by atoms with van der Waals surface area (Å²) in [5.41, 5.74) is 4.41. The van der Waals surface area contributed by atoms with Crippen LogP contribution in [-0.4, -0.2) is 35.1 Å². The molecule has 0 aromatic heterocycles. The molecule has 5 heteroatoms. The van der Waals surface area contributed by atoms with Crippen molar-refractivity contribution in [3.8, 4) is 0 Å². The van der Waals surface area contributed by atoms with Crippen LogP contribution >= 0.6 is 0 Å². The first kappa shape index (κ1) is 14.5. The molecular formula is C15H21N3O2. The Bertz CT molecular complexity index is 459. The van der Waals surface area contributed by atoms with E-state index in [2.05, 4.69) is 15.4 Å². The molecule has 0 bridgehead atoms. The van der Waals surface area contributed by atoms with Gasteiger partial charge in [-0.1, -0.05) is 43.2 Å². The number of amidine groups is 1. The Morgan fingerprint density at radius 1 is 1.20 bits per heavy atom. The van der Waals surface area contributed by atoms with E-state index < -0.39 is 5.97 Å². The lowest BCUT2D eigenvalue weighted by Gasteiger charge is -2.15. The van der Waals surface area contributed by atoms with Crippen LogP contribution in [0.15, 0.2) is 35.3 Å². The fraction of sp³-hybridized carbons (Fsp3) is 0.467. The Labute approximate surface area is 119 Å². The summed E-state index contributed by atoms with van der Waals surface area (Å²) < 4.78 is 0. The number of hydrogen-bond acceptors (Lipinski definition) is 4. The molecule has 5 nitrogen and oxygen atoms in total. The van der Waals surface area contributed by atoms with E-state index >= 15 is 0 Å². The molecule has 0 fully saturated rings. The number of hydrazine groups is 1. The third-order valence-electron chi connectivity index (χ3n) is 3.28. The van der Waals surface area contributed by atoms with Crippen LogP contribution < -0.4 is 5.43 Å². The number of aliphatic imine (C=N–C) groups is 1. The fourth-order valence-electron chi connectivity index (χ4n) is 2.19. The number of aliphatic carboxylic acids is 1. The summed E-state index contributed by atoms with van der Waals surface area (Å²) in [7, 11) is 0. The third-order valence-corrected chi connectivity index (χ3v) is 3.28. The summed E-state index contributed by atoms with van der Waals surface area (Å²) >= 11 is 0. The van der Waals surface area contributed by atoms with Gasteiger partial charge in [0.2, 0.25) is 0 Å². The van der Waals surface area contributed by atoms with Crippen LogP contribution in [0.3, 0.4) is 0 Å². The Balaban J connectivity index is 1.60. The zero-order valence-electron chi connectivity index (χ0n) is 11.6. The van der Waals surface area contributed by atoms with Gasteiger partial charge in [-0.15, -0.1) is 0 Å². The number of unbranched alkanes of at least 4 members (excludes halogenated alkanes) is 3. The number of nitrogens with zero attached hydrogens (tertiary/aromatic N) is 2. The zero-order valence-corrected chi connectivity index (χ0v) is 11.6. The molecule has 20 heavy (non-hydrogen) atoms. The van der Waals surface area contributed by atoms with Crippen LogP contribution in [0.25, 0.3) is 0 Å². The molecule has 0 unspecified atom stereocenters. The summed E-state index contributed by atoms with van der Waals surface area (Å²) in [6, 6.07) is 10.1. The molecule has 1 aromatic carbocycles. The topological polar surface area (TPSA) is 64.9 Å². The van der Waals surface area contributed by atoms with Crippen molar-refractivity contribution in [3.63, 3.8) is 0 Å². The first-order valence-corrected chi connectivity index (χ1v) is 7.09. The second-order valence-electron chi connectivity index (χ2n) is 4.95. The quantitative estimate of drug-likeness (QED) is 0.714. The summed E-state index contributed by atoms with van der Waals surface area (Å²) in [4.78, 5) is 14.9. The largest absolute Gasteiger partial charge is 0.481 e. The van der Waals surface area contributed by atoms with Gasteiger partial charge >= 0.3 is 5.97 Å². The van der Waals surface area contributed by atoms with Gasteiger partial charge in [0.05, 0.1) is 0 Å². The van der Waals surface area contributed by atoms with Crippen LogP contribution in [-0.2, 0) is 4.79 Å². The molecule has 0 aliphatic carbocycles. The minimum Gasteiger partial charge on any atom is -0.481 e. The van der Waals surface area contributed by atoms with Crippen molar-refractivity contribution < 1.29 is 9.90 Å². The molecule has 1 aliphatic rings. The lowest BCUT2D eigenvalue weighted by atomic mass is 10.1. The highest BCUT2D eigenvalue weighted by Gasteiger charge is 2.14. The van der Waals surface area contributed by atoms with Gasteiger partial charge in [0.25, 0.3) is 0 Å². The highest BCUT2D eigenvalue weighted by atomic mass is 16.4. The lowest BCUT2D eigenvalue weighted by molar-refractivity contribution is -0.137. The SMILES string of the molecule is O=C(O)CCCCCCN1CN=C(c2ccccc2)N1. The number of rotatable bonds is 8. The summed E-state index contributed by atoms with van der Waals surface area (Å²) in [6.45, 7) is 1.62. The van der Waals surface area contributed by atoms with E-state index in [1.54, 1.807) is 0 Å². The van der Waals surface area contributed by atoms with Gasteiger partial charge < -0.3 is 10.5 Å². The van der Waals surface area contributed by atoms with Crippen molar-refractivity contribution in [1.82, 2.24) is 10.4 Å². The predicted molar refractivity (Wildman–Crippen MR) is 78.4 cm³/mol. The van der Waals surface area contributed by atoms with Gasteiger partial charge in [-0.25, -0.2) is 10.0 Å². The second kappa shape index (κ2) is 7.65. The van der Waals surface area contributed by atoms with Crippen LogP contribution in [0.5, 0.6) is 0 Å². The van der Waals surface area contributed by atoms with E-state index in [1.807, 2.05) is 30.3 Å². The number of carboxylic acid groups (broad SMARTS) is 1. The third kappa shape index (κ3) is 4.66. The number of benzene rings is 1. The van der Waals surface area contributed by atoms with E-state index in [1.165, 1.54) is 0 Å². The molecule has 0 saturated heterocycles. The van der Waals surface area contributed by atoms with Crippen LogP contribution in [0.2, 0.25) is 0 Å². The maximum absolute atomic E-state index is 10.4. The molecule has 2 rings (SSSR count). The minimum absolute atomic E-state index is 0.281. The normalized spacial score (nSPS) is 14.9. The lowest BCUT2D eigenvalue weighted by Crippen LogP contribution is -2.37. The van der Waals surface area contributed by atoms with E-state index in [9.17, 15) is 4.79 Å². The van der Waals surface area contributed by atoms with Crippen molar-refractivity contribution in [1.29, 1.82) is 0 Å². The van der Waals surface area contributed by atoms with E-state index in [0.717, 1.165) is 43.6 Å². The summed E-state index contributed by atoms with van der Waals surface area (Å²) in [5, 5.41) is 10.6. The first-order chi connectivity index (χ1) is 9.75. The summed E-state index contributed by atoms with van der Waals surface area (Å²) in [6.07, 6.45) is 4.15. The molecule has 0 radical (unpaired) electrons. The minimum atomic E-state index is -0.702. The van der Waals surface area contributed by atoms with Gasteiger partial charge in [-0.2, -0.15) is 0 Å². The summed E-state index contributed by atoms with van der Waals surface area (Å²) in [5.74, 6) is 0.226. The second-order valence-corrected chi connectivity index (χ2v) is 4.95. The smallest absolute Gasteiger partial charge is 0.303 e. The Morgan fingerprint density at radius 3 is 2.70 bits per heavy atom. The zero-order chi connectivity index (χ0) is 14.2. The molecular weight excluding hydrogens is 254 g/mol. The molecule has 0 saturated carbocycles. The average Bonchev–Trinajstić information content (AvgIpc) is 2.92. The van der Waals surface area contributed by atoms with Crippen molar-refractivity contribution in [3.05, 3.63) is 35.9 Å². The fourth-order valence-corrected chi connectivity index (χ4v) is 2.19. The standard InChI is InChI=1S/C15H21N3O2/c19-14(20)10-6-1-2-7-11-18-12-16-15(17-18)13-8-4-3-5-9-13/h3-5,8-9H,1-2,6-7,10-12H2,(H,16,17)(H,19,20). The van der Waals surface area contributed by atoms with Crippen molar-refractivity contribution >= 4 is 11.8 Å². The van der Waals surface area contributed by atoms with Crippen molar-refractivity contribution in [2.24, 2.45) is 4.99 Å². The van der Waals surface area contributed by atoms with Crippen molar-refractivity contribution in [2.75, 3.05) is 13.2 Å². The van der Waals surface area contributed by atoms with Gasteiger partial charge in [-0.05, 0) is 12.8 Å². The molecule has 0 amide bonds. The highest BCUT2D eigenvalue weighted by Crippen LogP contribution is 2.08. The Morgan fingerprint density at radius 2 is 1.95 bits per heavy atom. The number of nitrogens with one attached hydrogen (secondary N) is 1. The molecule has 2 N–H and O–H groups in total. The van der Waals surface area contributed by atoms with Gasteiger partial charge in [0.1, 0.15) is 12.5 Å². The van der Waals surface area contributed by atoms with E-state index in [-0.39, 0.29) is 6.42 Å². The maximum atomic E-state index is 10.4. The number of carbonyl (C=O) groups is 1. The molecule has 1 heterocycles. The van der Waals surface area contributed by atoms with E-state index in [0.29, 0.717) is 6.67 Å². The molecule has 108 valence electrons. The molecule has 0 spiro atoms. The first-order valence-electron chi connectivity index (χ1n) is 7.09. The van der Waals surface area contributed by atoms with Crippen LogP contribution in [0.4, 0.5) is 0 Å². The monoisotopic (exact) mass is 275 g/mol. The highest BCUT2D eigenvalue weighted by molar-refractivity contribution is 5.99. The van der Waals surface area contributed by atoms with Gasteiger partial charge in [0, 0.05) is 18.5 Å². The van der Waals surface area contributed by atoms with Gasteiger partial charge in [-0.3, -0.25) is 4.79 Å². The Hall–Kier alpha value is -1.88. The van der Waals surface area contributed by atoms with Crippen LogP contribution in [0, 0.1) is 0 Å². The Kier molecular flexibility index (Phi) is 5.55.